The van der Waals surface area contributed by atoms with E-state index in [1.54, 1.807) is 0 Å². The molecule has 40 heavy (non-hydrogen) atoms. The lowest BCUT2D eigenvalue weighted by Gasteiger charge is -2.58. The summed E-state index contributed by atoms with van der Waals surface area (Å²) in [6, 6.07) is -0.474. The van der Waals surface area contributed by atoms with E-state index in [9.17, 15) is 19.8 Å². The summed E-state index contributed by atoms with van der Waals surface area (Å²) in [6.45, 7) is 11.0. The number of oxime groups is 1. The maximum Gasteiger partial charge on any atom is 0.305 e. The van der Waals surface area contributed by atoms with E-state index in [2.05, 4.69) is 36.5 Å². The molecule has 8 nitrogen and oxygen atoms in total. The number of nitrogens with one attached hydrogen (secondary N) is 1. The third kappa shape index (κ3) is 5.38. The van der Waals surface area contributed by atoms with Crippen molar-refractivity contribution in [3.8, 4) is 0 Å². The second-order valence-electron chi connectivity index (χ2n) is 14.4. The first kappa shape index (κ1) is 29.3. The van der Waals surface area contributed by atoms with Gasteiger partial charge in [-0.1, -0.05) is 30.7 Å². The summed E-state index contributed by atoms with van der Waals surface area (Å²) in [6.07, 6.45) is 14.0. The SMILES string of the molecule is CC1(C)C[C@H]([C@H](CC(=O)O)NC(=O)CO/N=C2/C=C[C@@]3(C)C(=C2)CC[C@H]2[C@H]4CC[C@](C)(O)[C@@]4(C)CC[C@@H]23)CCO1. The number of allylic oxidation sites excluding steroid dienone is 4. The van der Waals surface area contributed by atoms with E-state index in [1.165, 1.54) is 5.57 Å². The number of carboxylic acids is 1. The molecule has 4 aliphatic carbocycles. The molecule has 5 aliphatic rings. The molecule has 3 saturated carbocycles. The van der Waals surface area contributed by atoms with Gasteiger partial charge in [-0.25, -0.2) is 0 Å². The molecule has 1 aliphatic heterocycles. The monoisotopic (exact) mass is 556 g/mol. The van der Waals surface area contributed by atoms with Gasteiger partial charge in [0.2, 0.25) is 0 Å². The van der Waals surface area contributed by atoms with Crippen LogP contribution in [0, 0.1) is 34.5 Å². The highest BCUT2D eigenvalue weighted by atomic mass is 16.6. The van der Waals surface area contributed by atoms with Crippen molar-refractivity contribution in [2.45, 2.75) is 110 Å². The molecule has 4 fully saturated rings. The maximum absolute atomic E-state index is 12.7. The topological polar surface area (TPSA) is 117 Å². The van der Waals surface area contributed by atoms with Crippen LogP contribution in [0.15, 0.2) is 29.0 Å². The van der Waals surface area contributed by atoms with E-state index >= 15 is 0 Å². The van der Waals surface area contributed by atoms with Crippen molar-refractivity contribution in [2.24, 2.45) is 39.7 Å². The van der Waals surface area contributed by atoms with E-state index < -0.39 is 17.6 Å². The lowest BCUT2D eigenvalue weighted by atomic mass is 9.47. The Morgan fingerprint density at radius 1 is 1.12 bits per heavy atom. The average Bonchev–Trinajstić information content (AvgIpc) is 3.11. The van der Waals surface area contributed by atoms with Crippen LogP contribution in [0.4, 0.5) is 0 Å². The van der Waals surface area contributed by atoms with Gasteiger partial charge in [-0.05, 0) is 113 Å². The van der Waals surface area contributed by atoms with Crippen molar-refractivity contribution < 1.29 is 29.4 Å². The number of amides is 1. The molecule has 8 heteroatoms. The molecule has 0 unspecified atom stereocenters. The van der Waals surface area contributed by atoms with E-state index in [4.69, 9.17) is 9.57 Å². The molecule has 0 radical (unpaired) electrons. The number of aliphatic carboxylic acids is 1. The highest BCUT2D eigenvalue weighted by Gasteiger charge is 2.62. The molecular weight excluding hydrogens is 508 g/mol. The van der Waals surface area contributed by atoms with Crippen LogP contribution in [0.1, 0.15) is 92.4 Å². The minimum atomic E-state index is -0.937. The van der Waals surface area contributed by atoms with Crippen LogP contribution in [0.5, 0.6) is 0 Å². The van der Waals surface area contributed by atoms with Gasteiger partial charge < -0.3 is 25.1 Å². The van der Waals surface area contributed by atoms with Crippen molar-refractivity contribution in [1.29, 1.82) is 0 Å². The number of carbonyl (C=O) groups is 2. The number of aliphatic hydroxyl groups is 1. The first-order valence-electron chi connectivity index (χ1n) is 15.2. The van der Waals surface area contributed by atoms with Crippen LogP contribution < -0.4 is 5.32 Å². The highest BCUT2D eigenvalue weighted by molar-refractivity contribution is 6.05. The number of rotatable bonds is 7. The summed E-state index contributed by atoms with van der Waals surface area (Å²) in [7, 11) is 0. The van der Waals surface area contributed by atoms with Gasteiger partial charge in [0.05, 0.1) is 17.6 Å². The first-order valence-corrected chi connectivity index (χ1v) is 15.2. The van der Waals surface area contributed by atoms with Gasteiger partial charge in [0.1, 0.15) is 5.71 Å². The molecule has 222 valence electrons. The molecule has 3 N–H and O–H groups in total. The Labute approximate surface area is 238 Å². The molecular formula is C32H48N2O6. The van der Waals surface area contributed by atoms with Crippen molar-refractivity contribution >= 4 is 17.6 Å². The van der Waals surface area contributed by atoms with Crippen molar-refractivity contribution in [3.05, 3.63) is 23.8 Å². The molecule has 1 saturated heterocycles. The van der Waals surface area contributed by atoms with Crippen LogP contribution in [0.25, 0.3) is 0 Å². The van der Waals surface area contributed by atoms with Gasteiger partial charge in [0, 0.05) is 18.1 Å². The van der Waals surface area contributed by atoms with Gasteiger partial charge in [-0.3, -0.25) is 9.59 Å². The molecule has 0 aromatic carbocycles. The summed E-state index contributed by atoms with van der Waals surface area (Å²) in [4.78, 5) is 29.6. The molecule has 5 rings (SSSR count). The Bertz CT molecular complexity index is 1110. The number of ether oxygens (including phenoxy) is 1. The predicted octanol–water partition coefficient (Wildman–Crippen LogP) is 5.01. The second kappa shape index (κ2) is 10.6. The zero-order valence-corrected chi connectivity index (χ0v) is 24.9. The molecule has 1 amide bonds. The van der Waals surface area contributed by atoms with Crippen LogP contribution in [-0.4, -0.2) is 58.3 Å². The molecule has 0 spiro atoms. The lowest BCUT2D eigenvalue weighted by molar-refractivity contribution is -0.139. The Hall–Kier alpha value is -2.19. The zero-order chi connectivity index (χ0) is 28.9. The molecule has 0 bridgehead atoms. The van der Waals surface area contributed by atoms with Crippen LogP contribution in [0.3, 0.4) is 0 Å². The van der Waals surface area contributed by atoms with Gasteiger partial charge in [0.25, 0.3) is 5.91 Å². The summed E-state index contributed by atoms with van der Waals surface area (Å²) in [5.74, 6) is 0.483. The van der Waals surface area contributed by atoms with Crippen LogP contribution in [-0.2, 0) is 19.2 Å². The van der Waals surface area contributed by atoms with E-state index in [-0.39, 0.29) is 41.3 Å². The van der Waals surface area contributed by atoms with E-state index in [0.29, 0.717) is 42.9 Å². The zero-order valence-electron chi connectivity index (χ0n) is 24.9. The van der Waals surface area contributed by atoms with Gasteiger partial charge in [-0.2, -0.15) is 0 Å². The van der Waals surface area contributed by atoms with Crippen molar-refractivity contribution in [1.82, 2.24) is 5.32 Å². The Kier molecular flexibility index (Phi) is 7.75. The van der Waals surface area contributed by atoms with Crippen molar-refractivity contribution in [2.75, 3.05) is 13.2 Å². The van der Waals surface area contributed by atoms with E-state index in [0.717, 1.165) is 38.5 Å². The number of hydrogen-bond acceptors (Lipinski definition) is 6. The average molecular weight is 557 g/mol. The number of fused-ring (bicyclic) bond motifs is 5. The first-order chi connectivity index (χ1) is 18.7. The molecule has 1 heterocycles. The van der Waals surface area contributed by atoms with Crippen LogP contribution in [0.2, 0.25) is 0 Å². The summed E-state index contributed by atoms with van der Waals surface area (Å²) in [5.41, 5.74) is 1.17. The summed E-state index contributed by atoms with van der Waals surface area (Å²) < 4.78 is 5.77. The minimum Gasteiger partial charge on any atom is -0.481 e. The maximum atomic E-state index is 12.7. The normalized spacial score (nSPS) is 41.8. The number of nitrogens with zero attached hydrogens (tertiary/aromatic N) is 1. The van der Waals surface area contributed by atoms with E-state index in [1.807, 2.05) is 26.8 Å². The highest BCUT2D eigenvalue weighted by Crippen LogP contribution is 2.66. The van der Waals surface area contributed by atoms with Crippen molar-refractivity contribution in [3.63, 3.8) is 0 Å². The van der Waals surface area contributed by atoms with Crippen LogP contribution >= 0.6 is 0 Å². The number of carboxylic acid groups (broad SMARTS) is 1. The second-order valence-corrected chi connectivity index (χ2v) is 14.4. The summed E-state index contributed by atoms with van der Waals surface area (Å²) >= 11 is 0. The molecule has 0 aromatic rings. The largest absolute Gasteiger partial charge is 0.481 e. The fourth-order valence-corrected chi connectivity index (χ4v) is 9.07. The fourth-order valence-electron chi connectivity index (χ4n) is 9.07. The van der Waals surface area contributed by atoms with Gasteiger partial charge in [0.15, 0.2) is 6.61 Å². The lowest BCUT2D eigenvalue weighted by Crippen LogP contribution is -2.53. The third-order valence-corrected chi connectivity index (χ3v) is 11.5. The van der Waals surface area contributed by atoms with Gasteiger partial charge in [-0.15, -0.1) is 0 Å². The predicted molar refractivity (Wildman–Crippen MR) is 153 cm³/mol. The standard InChI is InChI=1S/C32H48N2O6/c1-29(2)18-20(11-15-39-29)26(17-28(36)37)33-27(35)19-40-34-22-8-12-30(3)21(16-22)6-7-23-24(30)9-13-31(4)25(23)10-14-32(31,5)38/h8,12,16,20,23-26,38H,6-7,9-11,13-15,17-19H2,1-5H3,(H,33,35)(H,36,37)/b34-22-/t20-,23-,24+,25-,26+,30+,31+,32+/m1/s1. The minimum absolute atomic E-state index is 0.00952. The quantitative estimate of drug-likeness (QED) is 0.380. The smallest absolute Gasteiger partial charge is 0.305 e. The Morgan fingerprint density at radius 2 is 1.88 bits per heavy atom. The third-order valence-electron chi connectivity index (χ3n) is 11.5. The number of hydrogen-bond donors (Lipinski definition) is 3. The molecule has 8 atom stereocenters. The fraction of sp³-hybridized carbons (Fsp3) is 0.781. The Morgan fingerprint density at radius 3 is 2.60 bits per heavy atom. The number of carbonyl (C=O) groups excluding carboxylic acids is 1. The molecule has 0 aromatic heterocycles. The van der Waals surface area contributed by atoms with Gasteiger partial charge >= 0.3 is 5.97 Å². The Balaban J connectivity index is 1.19. The summed E-state index contributed by atoms with van der Waals surface area (Å²) in [5, 5.41) is 27.7.